The minimum absolute atomic E-state index is 0.115. The summed E-state index contributed by atoms with van der Waals surface area (Å²) in [7, 11) is 0. The van der Waals surface area contributed by atoms with Gasteiger partial charge in [-0.1, -0.05) is 6.07 Å². The maximum atomic E-state index is 9.60. The molecule has 6 heteroatoms. The van der Waals surface area contributed by atoms with Crippen LogP contribution in [0.3, 0.4) is 0 Å². The first-order valence-corrected chi connectivity index (χ1v) is 8.97. The Bertz CT molecular complexity index is 964. The van der Waals surface area contributed by atoms with Crippen molar-refractivity contribution >= 4 is 5.52 Å². The summed E-state index contributed by atoms with van der Waals surface area (Å²) in [4.78, 5) is 2.37. The van der Waals surface area contributed by atoms with Crippen LogP contribution in [0.2, 0.25) is 0 Å². The number of morpholine rings is 1. The molecule has 6 nitrogen and oxygen atoms in total. The van der Waals surface area contributed by atoms with Gasteiger partial charge < -0.3 is 9.14 Å². The van der Waals surface area contributed by atoms with Gasteiger partial charge in [0, 0.05) is 43.3 Å². The Kier molecular flexibility index (Phi) is 4.49. The second-order valence-electron chi connectivity index (χ2n) is 6.97. The van der Waals surface area contributed by atoms with Gasteiger partial charge >= 0.3 is 0 Å². The Morgan fingerprint density at radius 1 is 1.35 bits per heavy atom. The van der Waals surface area contributed by atoms with Crippen molar-refractivity contribution < 1.29 is 4.74 Å². The second-order valence-corrected chi connectivity index (χ2v) is 6.97. The molecule has 3 aromatic heterocycles. The molecule has 1 fully saturated rings. The van der Waals surface area contributed by atoms with Crippen LogP contribution in [-0.2, 0) is 17.8 Å². The first-order valence-electron chi connectivity index (χ1n) is 8.97. The molecule has 4 rings (SSSR count). The summed E-state index contributed by atoms with van der Waals surface area (Å²) >= 11 is 0. The van der Waals surface area contributed by atoms with Gasteiger partial charge in [0.1, 0.15) is 6.07 Å². The van der Waals surface area contributed by atoms with Crippen LogP contribution in [0.5, 0.6) is 0 Å². The van der Waals surface area contributed by atoms with Crippen molar-refractivity contribution in [2.24, 2.45) is 0 Å². The zero-order valence-electron chi connectivity index (χ0n) is 15.2. The van der Waals surface area contributed by atoms with E-state index < -0.39 is 0 Å². The molecule has 4 heterocycles. The molecular formula is C20H23N5O. The van der Waals surface area contributed by atoms with E-state index in [1.165, 1.54) is 0 Å². The molecule has 0 amide bonds. The summed E-state index contributed by atoms with van der Waals surface area (Å²) in [5.74, 6) is 0. The van der Waals surface area contributed by atoms with E-state index in [0.29, 0.717) is 6.61 Å². The van der Waals surface area contributed by atoms with E-state index in [0.717, 1.165) is 54.2 Å². The van der Waals surface area contributed by atoms with E-state index in [2.05, 4.69) is 35.3 Å². The maximum Gasteiger partial charge on any atom is 0.102 e. The molecule has 0 bridgehead atoms. The lowest BCUT2D eigenvalue weighted by Crippen LogP contribution is -2.44. The molecule has 26 heavy (non-hydrogen) atoms. The quantitative estimate of drug-likeness (QED) is 0.726. The van der Waals surface area contributed by atoms with Gasteiger partial charge in [-0.15, -0.1) is 0 Å². The van der Waals surface area contributed by atoms with Crippen LogP contribution in [0.15, 0.2) is 36.7 Å². The van der Waals surface area contributed by atoms with E-state index >= 15 is 0 Å². The van der Waals surface area contributed by atoms with Crippen molar-refractivity contribution in [1.29, 1.82) is 5.26 Å². The highest BCUT2D eigenvalue weighted by Crippen LogP contribution is 2.21. The number of aryl methyl sites for hydroxylation is 2. The molecule has 0 saturated carbocycles. The topological polar surface area (TPSA) is 58.5 Å². The number of hydrogen-bond donors (Lipinski definition) is 0. The van der Waals surface area contributed by atoms with Crippen LogP contribution in [0.4, 0.5) is 0 Å². The number of aromatic nitrogens is 3. The van der Waals surface area contributed by atoms with E-state index in [1.807, 2.05) is 40.4 Å². The Balaban J connectivity index is 1.49. The Morgan fingerprint density at radius 2 is 2.23 bits per heavy atom. The van der Waals surface area contributed by atoms with Crippen molar-refractivity contribution in [3.63, 3.8) is 0 Å². The normalized spacial score (nSPS) is 18.3. The van der Waals surface area contributed by atoms with Crippen molar-refractivity contribution in [2.75, 3.05) is 19.7 Å². The molecule has 1 saturated heterocycles. The smallest absolute Gasteiger partial charge is 0.102 e. The fourth-order valence-corrected chi connectivity index (χ4v) is 3.75. The van der Waals surface area contributed by atoms with Gasteiger partial charge in [0.25, 0.3) is 0 Å². The van der Waals surface area contributed by atoms with E-state index in [1.54, 1.807) is 0 Å². The molecule has 1 unspecified atom stereocenters. The molecule has 0 spiro atoms. The summed E-state index contributed by atoms with van der Waals surface area (Å²) in [6.07, 6.45) is 4.17. The van der Waals surface area contributed by atoms with Crippen LogP contribution in [-0.4, -0.2) is 44.9 Å². The number of rotatable bonds is 4. The maximum absolute atomic E-state index is 9.60. The lowest BCUT2D eigenvalue weighted by atomic mass is 10.1. The summed E-state index contributed by atoms with van der Waals surface area (Å²) in [5, 5.41) is 14.1. The molecule has 0 aliphatic carbocycles. The van der Waals surface area contributed by atoms with Crippen LogP contribution >= 0.6 is 0 Å². The summed E-state index contributed by atoms with van der Waals surface area (Å²) in [5.41, 5.74) is 5.01. The van der Waals surface area contributed by atoms with Gasteiger partial charge in [-0.2, -0.15) is 10.4 Å². The number of pyridine rings is 1. The van der Waals surface area contributed by atoms with Crippen LogP contribution in [0.1, 0.15) is 22.5 Å². The average Bonchev–Trinajstić information content (AvgIpc) is 3.13. The highest BCUT2D eigenvalue weighted by atomic mass is 16.5. The summed E-state index contributed by atoms with van der Waals surface area (Å²) in [6, 6.07) is 10.4. The standard InChI is InChI=1S/C20H23N5O/c1-15-9-16(2)25(22-15)14-18-13-23(7-8-26-18)11-17-12-24-6-4-3-5-20(24)19(17)10-21/h3-6,9,12,18H,7-8,11,13-14H2,1-2H3. The number of nitrogens with zero attached hydrogens (tertiary/aromatic N) is 5. The SMILES string of the molecule is Cc1cc(C)n(CC2CN(Cc3cn4ccccc4c3C#N)CCO2)n1. The van der Waals surface area contributed by atoms with Crippen LogP contribution < -0.4 is 0 Å². The van der Waals surface area contributed by atoms with Crippen molar-refractivity contribution in [2.45, 2.75) is 33.0 Å². The Hall–Kier alpha value is -2.62. The van der Waals surface area contributed by atoms with Gasteiger partial charge in [0.05, 0.1) is 36.0 Å². The highest BCUT2D eigenvalue weighted by Gasteiger charge is 2.23. The van der Waals surface area contributed by atoms with Gasteiger partial charge in [-0.3, -0.25) is 9.58 Å². The van der Waals surface area contributed by atoms with Gasteiger partial charge in [0.2, 0.25) is 0 Å². The fraction of sp³-hybridized carbons (Fsp3) is 0.400. The number of hydrogen-bond acceptors (Lipinski definition) is 4. The molecule has 1 atom stereocenters. The van der Waals surface area contributed by atoms with E-state index in [4.69, 9.17) is 4.74 Å². The number of nitriles is 1. The molecule has 0 N–H and O–H groups in total. The van der Waals surface area contributed by atoms with E-state index in [9.17, 15) is 5.26 Å². The third-order valence-corrected chi connectivity index (χ3v) is 4.97. The summed E-state index contributed by atoms with van der Waals surface area (Å²) < 4.78 is 10.0. The van der Waals surface area contributed by atoms with Crippen LogP contribution in [0, 0.1) is 25.2 Å². The molecule has 0 aromatic carbocycles. The monoisotopic (exact) mass is 349 g/mol. The van der Waals surface area contributed by atoms with Crippen molar-refractivity contribution in [3.05, 3.63) is 59.2 Å². The number of fused-ring (bicyclic) bond motifs is 1. The Labute approximate surface area is 153 Å². The third-order valence-electron chi connectivity index (χ3n) is 4.97. The van der Waals surface area contributed by atoms with Crippen molar-refractivity contribution in [1.82, 2.24) is 19.1 Å². The minimum atomic E-state index is 0.115. The van der Waals surface area contributed by atoms with Crippen LogP contribution in [0.25, 0.3) is 5.52 Å². The molecule has 0 radical (unpaired) electrons. The lowest BCUT2D eigenvalue weighted by molar-refractivity contribution is -0.0405. The van der Waals surface area contributed by atoms with Gasteiger partial charge in [0.15, 0.2) is 0 Å². The summed E-state index contributed by atoms with van der Waals surface area (Å²) in [6.45, 7) is 8.05. The minimum Gasteiger partial charge on any atom is -0.374 e. The zero-order chi connectivity index (χ0) is 18.1. The predicted molar refractivity (Wildman–Crippen MR) is 98.8 cm³/mol. The van der Waals surface area contributed by atoms with Gasteiger partial charge in [-0.05, 0) is 32.0 Å². The lowest BCUT2D eigenvalue weighted by Gasteiger charge is -2.33. The first-order chi connectivity index (χ1) is 12.6. The number of ether oxygens (including phenoxy) is 1. The first kappa shape index (κ1) is 16.8. The van der Waals surface area contributed by atoms with E-state index in [-0.39, 0.29) is 6.10 Å². The molecular weight excluding hydrogens is 326 g/mol. The molecule has 3 aromatic rings. The highest BCUT2D eigenvalue weighted by molar-refractivity contribution is 5.65. The fourth-order valence-electron chi connectivity index (χ4n) is 3.75. The van der Waals surface area contributed by atoms with Gasteiger partial charge in [-0.25, -0.2) is 0 Å². The average molecular weight is 349 g/mol. The molecule has 1 aliphatic heterocycles. The molecule has 1 aliphatic rings. The van der Waals surface area contributed by atoms with Crippen molar-refractivity contribution in [3.8, 4) is 6.07 Å². The second kappa shape index (κ2) is 6.94. The predicted octanol–water partition coefficient (Wildman–Crippen LogP) is 2.53. The Morgan fingerprint density at radius 3 is 3.00 bits per heavy atom. The third kappa shape index (κ3) is 3.24. The largest absolute Gasteiger partial charge is 0.374 e. The molecule has 134 valence electrons. The zero-order valence-corrected chi connectivity index (χ0v) is 15.2.